The third kappa shape index (κ3) is 4.06. The normalized spacial score (nSPS) is 12.1. The Bertz CT molecular complexity index is 2590. The zero-order valence-corrected chi connectivity index (χ0v) is 26.2. The Balaban J connectivity index is 1.33. The molecule has 0 bridgehead atoms. The summed E-state index contributed by atoms with van der Waals surface area (Å²) < 4.78 is 2.42. The van der Waals surface area contributed by atoms with E-state index in [-0.39, 0.29) is 0 Å². The van der Waals surface area contributed by atoms with Crippen LogP contribution in [0.15, 0.2) is 182 Å². The number of para-hydroxylation sites is 2. The molecule has 0 fully saturated rings. The molecule has 0 saturated heterocycles. The van der Waals surface area contributed by atoms with Crippen molar-refractivity contribution in [2.24, 2.45) is 0 Å². The molecule has 9 aromatic rings. The standard InChI is InChI=1S/C46H30N2/c1-4-14-31(15-5-1)34-26-35(32-16-6-2-7-17-32)28-37(27-34)48-43-25-13-19-33-18-12-23-39(46(33)43)41-29-40-38-22-10-11-24-42(38)47(44(40)30-45(41)48)36-20-8-3-9-21-36/h1-30H. The minimum absolute atomic E-state index is 1.14. The van der Waals surface area contributed by atoms with Crippen molar-refractivity contribution in [1.82, 2.24) is 4.57 Å². The van der Waals surface area contributed by atoms with Crippen LogP contribution in [0.3, 0.4) is 0 Å². The molecule has 0 amide bonds. The summed E-state index contributed by atoms with van der Waals surface area (Å²) in [5.41, 5.74) is 14.4. The second-order valence-corrected chi connectivity index (χ2v) is 12.6. The first-order valence-electron chi connectivity index (χ1n) is 16.5. The molecule has 1 aliphatic heterocycles. The first kappa shape index (κ1) is 26.8. The van der Waals surface area contributed by atoms with E-state index in [0.29, 0.717) is 0 Å². The Kier molecular flexibility index (Phi) is 5.91. The van der Waals surface area contributed by atoms with Crippen molar-refractivity contribution in [2.45, 2.75) is 0 Å². The Morgan fingerprint density at radius 1 is 0.333 bits per heavy atom. The maximum absolute atomic E-state index is 2.50. The van der Waals surface area contributed by atoms with Crippen LogP contribution in [0.1, 0.15) is 0 Å². The van der Waals surface area contributed by atoms with Crippen molar-refractivity contribution in [3.63, 3.8) is 0 Å². The third-order valence-corrected chi connectivity index (χ3v) is 9.85. The number of hydrogen-bond acceptors (Lipinski definition) is 1. The Morgan fingerprint density at radius 3 is 1.67 bits per heavy atom. The van der Waals surface area contributed by atoms with Gasteiger partial charge in [-0.1, -0.05) is 127 Å². The van der Waals surface area contributed by atoms with E-state index in [2.05, 4.69) is 191 Å². The molecule has 48 heavy (non-hydrogen) atoms. The van der Waals surface area contributed by atoms with E-state index in [9.17, 15) is 0 Å². The van der Waals surface area contributed by atoms with E-state index in [1.165, 1.54) is 77.3 Å². The number of benzene rings is 8. The predicted molar refractivity (Wildman–Crippen MR) is 203 cm³/mol. The SMILES string of the molecule is c1ccc(-c2cc(-c3ccccc3)cc(N3c4cc5c(cc4-c4cccc6cccc3c46)c3ccccc3n5-c3ccccc3)c2)cc1. The average molecular weight is 611 g/mol. The van der Waals surface area contributed by atoms with Crippen molar-refractivity contribution in [3.05, 3.63) is 182 Å². The molecule has 0 spiro atoms. The zero-order chi connectivity index (χ0) is 31.6. The van der Waals surface area contributed by atoms with Crippen LogP contribution in [0.5, 0.6) is 0 Å². The maximum Gasteiger partial charge on any atom is 0.0562 e. The molecular weight excluding hydrogens is 581 g/mol. The summed E-state index contributed by atoms with van der Waals surface area (Å²) in [5.74, 6) is 0. The lowest BCUT2D eigenvalue weighted by molar-refractivity contribution is 1.18. The van der Waals surface area contributed by atoms with Crippen LogP contribution < -0.4 is 4.90 Å². The van der Waals surface area contributed by atoms with Gasteiger partial charge in [0, 0.05) is 33.1 Å². The number of rotatable bonds is 4. The largest absolute Gasteiger partial charge is 0.309 e. The van der Waals surface area contributed by atoms with Crippen LogP contribution in [-0.2, 0) is 0 Å². The second kappa shape index (κ2) is 10.6. The van der Waals surface area contributed by atoms with Gasteiger partial charge in [-0.3, -0.25) is 0 Å². The lowest BCUT2D eigenvalue weighted by atomic mass is 9.89. The number of nitrogens with zero attached hydrogens (tertiary/aromatic N) is 2. The van der Waals surface area contributed by atoms with Crippen LogP contribution in [0, 0.1) is 0 Å². The van der Waals surface area contributed by atoms with E-state index in [1.54, 1.807) is 0 Å². The molecule has 0 atom stereocenters. The summed E-state index contributed by atoms with van der Waals surface area (Å²) in [5, 5.41) is 5.04. The molecule has 0 radical (unpaired) electrons. The van der Waals surface area contributed by atoms with Crippen LogP contribution in [-0.4, -0.2) is 4.57 Å². The molecule has 2 heteroatoms. The highest BCUT2D eigenvalue weighted by Crippen LogP contribution is 2.53. The van der Waals surface area contributed by atoms with Crippen molar-refractivity contribution in [2.75, 3.05) is 4.90 Å². The molecular formula is C46H30N2. The van der Waals surface area contributed by atoms with Crippen LogP contribution in [0.4, 0.5) is 17.1 Å². The summed E-state index contributed by atoms with van der Waals surface area (Å²) in [6.07, 6.45) is 0. The number of fused-ring (bicyclic) bond motifs is 5. The monoisotopic (exact) mass is 610 g/mol. The van der Waals surface area contributed by atoms with E-state index in [4.69, 9.17) is 0 Å². The molecule has 2 heterocycles. The van der Waals surface area contributed by atoms with Crippen molar-refractivity contribution < 1.29 is 0 Å². The Hall–Kier alpha value is -6.38. The van der Waals surface area contributed by atoms with Gasteiger partial charge in [-0.25, -0.2) is 0 Å². The molecule has 1 aromatic heterocycles. The summed E-state index contributed by atoms with van der Waals surface area (Å²) >= 11 is 0. The lowest BCUT2D eigenvalue weighted by Gasteiger charge is -2.34. The second-order valence-electron chi connectivity index (χ2n) is 12.6. The van der Waals surface area contributed by atoms with Crippen molar-refractivity contribution >= 4 is 49.6 Å². The van der Waals surface area contributed by atoms with Crippen molar-refractivity contribution in [3.8, 4) is 39.1 Å². The predicted octanol–water partition coefficient (Wildman–Crippen LogP) is 12.7. The molecule has 8 aromatic carbocycles. The van der Waals surface area contributed by atoms with Crippen LogP contribution in [0.2, 0.25) is 0 Å². The minimum atomic E-state index is 1.14. The third-order valence-electron chi connectivity index (χ3n) is 9.85. The smallest absolute Gasteiger partial charge is 0.0562 e. The van der Waals surface area contributed by atoms with E-state index < -0.39 is 0 Å². The van der Waals surface area contributed by atoms with Gasteiger partial charge in [-0.05, 0) is 87.8 Å². The summed E-state index contributed by atoms with van der Waals surface area (Å²) in [4.78, 5) is 2.50. The molecule has 0 aliphatic carbocycles. The highest BCUT2D eigenvalue weighted by molar-refractivity contribution is 6.19. The fourth-order valence-electron chi connectivity index (χ4n) is 7.73. The van der Waals surface area contributed by atoms with Gasteiger partial charge >= 0.3 is 0 Å². The quantitative estimate of drug-likeness (QED) is 0.192. The van der Waals surface area contributed by atoms with Gasteiger partial charge in [0.2, 0.25) is 0 Å². The molecule has 1 aliphatic rings. The first-order chi connectivity index (χ1) is 23.8. The highest BCUT2D eigenvalue weighted by Gasteiger charge is 2.28. The minimum Gasteiger partial charge on any atom is -0.309 e. The van der Waals surface area contributed by atoms with Gasteiger partial charge in [-0.15, -0.1) is 0 Å². The van der Waals surface area contributed by atoms with E-state index in [0.717, 1.165) is 11.4 Å². The van der Waals surface area contributed by atoms with Gasteiger partial charge in [0.1, 0.15) is 0 Å². The van der Waals surface area contributed by atoms with Gasteiger partial charge in [0.05, 0.1) is 22.4 Å². The van der Waals surface area contributed by atoms with E-state index >= 15 is 0 Å². The lowest BCUT2D eigenvalue weighted by Crippen LogP contribution is -2.15. The molecule has 10 rings (SSSR count). The molecule has 224 valence electrons. The molecule has 0 saturated carbocycles. The number of anilines is 3. The fraction of sp³-hybridized carbons (Fsp3) is 0. The topological polar surface area (TPSA) is 8.17 Å². The summed E-state index contributed by atoms with van der Waals surface area (Å²) in [6, 6.07) is 66.3. The Morgan fingerprint density at radius 2 is 0.958 bits per heavy atom. The maximum atomic E-state index is 2.50. The first-order valence-corrected chi connectivity index (χ1v) is 16.5. The number of hydrogen-bond donors (Lipinski definition) is 0. The summed E-state index contributed by atoms with van der Waals surface area (Å²) in [6.45, 7) is 0. The zero-order valence-electron chi connectivity index (χ0n) is 26.2. The van der Waals surface area contributed by atoms with Gasteiger partial charge in [0.25, 0.3) is 0 Å². The Labute approximate surface area is 279 Å². The van der Waals surface area contributed by atoms with Crippen LogP contribution >= 0.6 is 0 Å². The van der Waals surface area contributed by atoms with Gasteiger partial charge in [0.15, 0.2) is 0 Å². The fourth-order valence-corrected chi connectivity index (χ4v) is 7.73. The molecule has 0 N–H and O–H groups in total. The molecule has 2 nitrogen and oxygen atoms in total. The molecule has 0 unspecified atom stereocenters. The summed E-state index contributed by atoms with van der Waals surface area (Å²) in [7, 11) is 0. The number of aromatic nitrogens is 1. The average Bonchev–Trinajstić information content (AvgIpc) is 3.48. The highest BCUT2D eigenvalue weighted by atomic mass is 15.2. The van der Waals surface area contributed by atoms with Crippen LogP contribution in [0.25, 0.3) is 71.6 Å². The van der Waals surface area contributed by atoms with Crippen molar-refractivity contribution in [1.29, 1.82) is 0 Å². The van der Waals surface area contributed by atoms with Gasteiger partial charge < -0.3 is 9.47 Å². The van der Waals surface area contributed by atoms with Gasteiger partial charge in [-0.2, -0.15) is 0 Å². The van der Waals surface area contributed by atoms with E-state index in [1.807, 2.05) is 0 Å².